The average Bonchev–Trinajstić information content (AvgIpc) is 2.65. The van der Waals surface area contributed by atoms with Crippen LogP contribution in [0.15, 0.2) is 0 Å². The molecule has 0 aromatic heterocycles. The Balaban J connectivity index is 3.33. The number of ether oxygens (including phenoxy) is 1. The second-order valence-electron chi connectivity index (χ2n) is 6.93. The van der Waals surface area contributed by atoms with Crippen molar-refractivity contribution in [1.29, 1.82) is 0 Å². The molecule has 0 aliphatic carbocycles. The minimum atomic E-state index is -1.16. The van der Waals surface area contributed by atoms with Crippen molar-refractivity contribution >= 4 is 5.97 Å². The highest BCUT2D eigenvalue weighted by Crippen LogP contribution is 2.13. The van der Waals surface area contributed by atoms with Gasteiger partial charge in [0.05, 0.1) is 19.3 Å². The molecule has 5 N–H and O–H groups in total. The van der Waals surface area contributed by atoms with E-state index in [4.69, 9.17) is 20.1 Å². The number of carbonyl (C=O) groups is 1. The Bertz CT molecular complexity index is 325. The van der Waals surface area contributed by atoms with Crippen LogP contribution < -0.4 is 0 Å². The zero-order valence-corrected chi connectivity index (χ0v) is 15.9. The van der Waals surface area contributed by atoms with Crippen LogP contribution in [0.1, 0.15) is 77.0 Å². The number of hydrogen-bond acceptors (Lipinski definition) is 7. The number of carbonyl (C=O) groups excluding carboxylic acids is 1. The highest BCUT2D eigenvalue weighted by molar-refractivity contribution is 5.74. The molecular formula is C19H38O7. The zero-order valence-electron chi connectivity index (χ0n) is 15.9. The Morgan fingerprint density at radius 1 is 0.654 bits per heavy atom. The fourth-order valence-corrected chi connectivity index (χ4v) is 2.67. The monoisotopic (exact) mass is 378 g/mol. The lowest BCUT2D eigenvalue weighted by atomic mass is 10.0. The summed E-state index contributed by atoms with van der Waals surface area (Å²) in [5.74, 6) is -0.746. The molecule has 0 radical (unpaired) electrons. The van der Waals surface area contributed by atoms with Gasteiger partial charge in [-0.15, -0.1) is 0 Å². The molecule has 0 fully saturated rings. The number of esters is 1. The summed E-state index contributed by atoms with van der Waals surface area (Å²) < 4.78 is 4.70. The summed E-state index contributed by atoms with van der Waals surface area (Å²) in [4.78, 5) is 11.4. The molecule has 0 aromatic carbocycles. The third kappa shape index (κ3) is 15.5. The highest BCUT2D eigenvalue weighted by atomic mass is 16.6. The fraction of sp³-hybridized carbons (Fsp3) is 0.947. The van der Waals surface area contributed by atoms with E-state index < -0.39 is 30.9 Å². The Morgan fingerprint density at radius 3 is 1.54 bits per heavy atom. The molecular weight excluding hydrogens is 340 g/mol. The first-order valence-electron chi connectivity index (χ1n) is 9.93. The van der Waals surface area contributed by atoms with Gasteiger partial charge in [0, 0.05) is 0 Å². The summed E-state index contributed by atoms with van der Waals surface area (Å²) in [7, 11) is 0. The van der Waals surface area contributed by atoms with Crippen molar-refractivity contribution in [3.05, 3.63) is 0 Å². The van der Waals surface area contributed by atoms with Gasteiger partial charge in [-0.3, -0.25) is 0 Å². The van der Waals surface area contributed by atoms with Crippen LogP contribution in [0.25, 0.3) is 0 Å². The molecule has 0 spiro atoms. The molecule has 156 valence electrons. The van der Waals surface area contributed by atoms with Crippen molar-refractivity contribution in [2.24, 2.45) is 0 Å². The lowest BCUT2D eigenvalue weighted by Crippen LogP contribution is -2.28. The van der Waals surface area contributed by atoms with Gasteiger partial charge in [0.2, 0.25) is 0 Å². The van der Waals surface area contributed by atoms with E-state index >= 15 is 0 Å². The van der Waals surface area contributed by atoms with Gasteiger partial charge in [-0.05, 0) is 12.8 Å². The molecule has 0 aromatic rings. The van der Waals surface area contributed by atoms with Gasteiger partial charge in [-0.1, -0.05) is 64.2 Å². The van der Waals surface area contributed by atoms with Crippen molar-refractivity contribution < 1.29 is 35.1 Å². The molecule has 3 unspecified atom stereocenters. The van der Waals surface area contributed by atoms with Crippen LogP contribution in [-0.4, -0.2) is 69.6 Å². The molecule has 0 saturated carbocycles. The summed E-state index contributed by atoms with van der Waals surface area (Å²) in [5, 5.41) is 45.2. The maximum atomic E-state index is 11.4. The second kappa shape index (κ2) is 17.7. The van der Waals surface area contributed by atoms with Crippen molar-refractivity contribution in [1.82, 2.24) is 0 Å². The Hall–Kier alpha value is -0.730. The van der Waals surface area contributed by atoms with E-state index in [0.29, 0.717) is 12.8 Å². The van der Waals surface area contributed by atoms with E-state index in [1.54, 1.807) is 0 Å². The van der Waals surface area contributed by atoms with Gasteiger partial charge in [0.1, 0.15) is 12.7 Å². The minimum absolute atomic E-state index is 0.148. The molecule has 0 aliphatic rings. The Morgan fingerprint density at radius 2 is 1.08 bits per heavy atom. The van der Waals surface area contributed by atoms with Crippen molar-refractivity contribution in [3.8, 4) is 0 Å². The molecule has 3 atom stereocenters. The molecule has 7 heteroatoms. The summed E-state index contributed by atoms with van der Waals surface area (Å²) in [5.41, 5.74) is 0. The number of aliphatic hydroxyl groups excluding tert-OH is 5. The number of rotatable bonds is 18. The summed E-state index contributed by atoms with van der Waals surface area (Å²) in [6.45, 7) is -0.921. The molecule has 7 nitrogen and oxygen atoms in total. The molecule has 0 rings (SSSR count). The molecule has 0 saturated heterocycles. The quantitative estimate of drug-likeness (QED) is 0.179. The Kier molecular flexibility index (Phi) is 17.2. The number of hydrogen-bond donors (Lipinski definition) is 5. The fourth-order valence-electron chi connectivity index (χ4n) is 2.67. The van der Waals surface area contributed by atoms with Gasteiger partial charge < -0.3 is 30.3 Å². The maximum absolute atomic E-state index is 11.4. The first-order chi connectivity index (χ1) is 12.5. The van der Waals surface area contributed by atoms with Crippen molar-refractivity contribution in [2.75, 3.05) is 19.8 Å². The van der Waals surface area contributed by atoms with Gasteiger partial charge in [0.25, 0.3) is 0 Å². The molecule has 0 bridgehead atoms. The van der Waals surface area contributed by atoms with Crippen molar-refractivity contribution in [2.45, 2.75) is 95.4 Å². The van der Waals surface area contributed by atoms with Crippen LogP contribution in [-0.2, 0) is 9.53 Å². The van der Waals surface area contributed by atoms with E-state index in [-0.39, 0.29) is 13.2 Å². The molecule has 0 amide bonds. The standard InChI is InChI=1S/C19H38O7/c20-13-16(22)11-9-7-5-3-1-2-4-6-8-10-12-18(24)19(25)26-15-17(23)14-21/h16-18,20-24H,1-15H2. The smallest absolute Gasteiger partial charge is 0.335 e. The predicted octanol–water partition coefficient (Wildman–Crippen LogP) is 1.28. The predicted molar refractivity (Wildman–Crippen MR) is 98.6 cm³/mol. The first kappa shape index (κ1) is 25.3. The van der Waals surface area contributed by atoms with Gasteiger partial charge in [-0.2, -0.15) is 0 Å². The molecule has 0 heterocycles. The van der Waals surface area contributed by atoms with Crippen LogP contribution in [0.5, 0.6) is 0 Å². The molecule has 26 heavy (non-hydrogen) atoms. The lowest BCUT2D eigenvalue weighted by molar-refractivity contribution is -0.157. The summed E-state index contributed by atoms with van der Waals surface area (Å²) >= 11 is 0. The number of aliphatic hydroxyl groups is 5. The van der Waals surface area contributed by atoms with E-state index in [9.17, 15) is 15.0 Å². The van der Waals surface area contributed by atoms with Gasteiger partial charge in [-0.25, -0.2) is 4.79 Å². The minimum Gasteiger partial charge on any atom is -0.461 e. The van der Waals surface area contributed by atoms with Crippen LogP contribution in [0, 0.1) is 0 Å². The van der Waals surface area contributed by atoms with E-state index in [2.05, 4.69) is 0 Å². The van der Waals surface area contributed by atoms with Gasteiger partial charge >= 0.3 is 5.97 Å². The summed E-state index contributed by atoms with van der Waals surface area (Å²) in [6.07, 6.45) is 8.95. The highest BCUT2D eigenvalue weighted by Gasteiger charge is 2.17. The van der Waals surface area contributed by atoms with Crippen LogP contribution in [0.3, 0.4) is 0 Å². The van der Waals surface area contributed by atoms with Crippen LogP contribution >= 0.6 is 0 Å². The van der Waals surface area contributed by atoms with Crippen molar-refractivity contribution in [3.63, 3.8) is 0 Å². The third-order valence-corrected chi connectivity index (χ3v) is 4.38. The van der Waals surface area contributed by atoms with E-state index in [1.807, 2.05) is 0 Å². The SMILES string of the molecule is O=C(OCC(O)CO)C(O)CCCCCCCCCCCCC(O)CO. The third-order valence-electron chi connectivity index (χ3n) is 4.38. The van der Waals surface area contributed by atoms with Gasteiger partial charge in [0.15, 0.2) is 6.10 Å². The topological polar surface area (TPSA) is 127 Å². The van der Waals surface area contributed by atoms with E-state index in [0.717, 1.165) is 44.9 Å². The maximum Gasteiger partial charge on any atom is 0.335 e. The average molecular weight is 379 g/mol. The molecule has 0 aliphatic heterocycles. The van der Waals surface area contributed by atoms with Crippen LogP contribution in [0.4, 0.5) is 0 Å². The first-order valence-corrected chi connectivity index (χ1v) is 9.93. The van der Waals surface area contributed by atoms with E-state index in [1.165, 1.54) is 19.3 Å². The van der Waals surface area contributed by atoms with Crippen LogP contribution in [0.2, 0.25) is 0 Å². The zero-order chi connectivity index (χ0) is 19.6. The largest absolute Gasteiger partial charge is 0.461 e. The second-order valence-corrected chi connectivity index (χ2v) is 6.93. The number of unbranched alkanes of at least 4 members (excludes halogenated alkanes) is 9. The normalized spacial score (nSPS) is 14.8. The summed E-state index contributed by atoms with van der Waals surface area (Å²) in [6, 6.07) is 0. The Labute approximate surface area is 157 Å². The lowest BCUT2D eigenvalue weighted by Gasteiger charge is -2.12.